The Morgan fingerprint density at radius 3 is 2.92 bits per heavy atom. The van der Waals surface area contributed by atoms with Gasteiger partial charge in [0, 0.05) is 24.4 Å². The fraction of sp³-hybridized carbons (Fsp3) is 0.333. The van der Waals surface area contributed by atoms with Crippen molar-refractivity contribution in [1.29, 1.82) is 0 Å². The molecule has 0 fully saturated rings. The van der Waals surface area contributed by atoms with Crippen LogP contribution in [0.5, 0.6) is 0 Å². The van der Waals surface area contributed by atoms with Gasteiger partial charge in [-0.1, -0.05) is 6.08 Å². The third-order valence-electron chi connectivity index (χ3n) is 4.21. The van der Waals surface area contributed by atoms with Crippen LogP contribution in [0.15, 0.2) is 30.6 Å². The van der Waals surface area contributed by atoms with Crippen molar-refractivity contribution in [2.75, 3.05) is 11.9 Å². The van der Waals surface area contributed by atoms with E-state index in [-0.39, 0.29) is 6.54 Å². The number of allylic oxidation sites excluding steroid dienone is 1. The van der Waals surface area contributed by atoms with E-state index in [1.807, 2.05) is 29.7 Å². The predicted molar refractivity (Wildman–Crippen MR) is 94.2 cm³/mol. The lowest BCUT2D eigenvalue weighted by molar-refractivity contribution is 0.234. The molecule has 4 rings (SSSR count). The van der Waals surface area contributed by atoms with Gasteiger partial charge in [-0.25, -0.2) is 14.4 Å². The molecule has 0 aromatic carbocycles. The van der Waals surface area contributed by atoms with Crippen molar-refractivity contribution in [1.82, 2.24) is 24.6 Å². The quantitative estimate of drug-likeness (QED) is 0.792. The lowest BCUT2D eigenvalue weighted by Gasteiger charge is -2.15. The number of hydrogen-bond donors (Lipinski definition) is 1. The highest BCUT2D eigenvalue weighted by Gasteiger charge is 2.20. The molecule has 1 aliphatic carbocycles. The molecule has 0 saturated heterocycles. The van der Waals surface area contributed by atoms with Crippen LogP contribution in [0.2, 0.25) is 0 Å². The van der Waals surface area contributed by atoms with Gasteiger partial charge in [-0.2, -0.15) is 0 Å². The van der Waals surface area contributed by atoms with E-state index >= 15 is 0 Å². The zero-order chi connectivity index (χ0) is 17.6. The van der Waals surface area contributed by atoms with Gasteiger partial charge in [-0.05, 0) is 44.0 Å². The number of halogens is 1. The predicted octanol–water partition coefficient (Wildman–Crippen LogP) is 2.98. The molecule has 3 aromatic heterocycles. The van der Waals surface area contributed by atoms with Crippen molar-refractivity contribution in [2.24, 2.45) is 0 Å². The van der Waals surface area contributed by atoms with Crippen LogP contribution in [-0.4, -0.2) is 36.8 Å². The van der Waals surface area contributed by atoms with E-state index in [0.717, 1.165) is 40.3 Å². The first kappa shape index (κ1) is 15.7. The second-order valence-electron chi connectivity index (χ2n) is 6.84. The third-order valence-corrected chi connectivity index (χ3v) is 4.21. The smallest absolute Gasteiger partial charge is 0.223 e. The van der Waals surface area contributed by atoms with Crippen LogP contribution < -0.4 is 5.32 Å². The normalized spacial score (nSPS) is 13.8. The van der Waals surface area contributed by atoms with E-state index in [1.165, 1.54) is 13.8 Å². The van der Waals surface area contributed by atoms with Gasteiger partial charge in [0.2, 0.25) is 5.95 Å². The van der Waals surface area contributed by atoms with Crippen LogP contribution in [-0.2, 0) is 6.42 Å². The molecule has 1 N–H and O–H groups in total. The van der Waals surface area contributed by atoms with Crippen LogP contribution in [0, 0.1) is 6.92 Å². The van der Waals surface area contributed by atoms with E-state index in [2.05, 4.69) is 31.6 Å². The number of aryl methyl sites for hydroxylation is 1. The number of aromatic nitrogens is 5. The van der Waals surface area contributed by atoms with Crippen molar-refractivity contribution in [2.45, 2.75) is 32.9 Å². The summed E-state index contributed by atoms with van der Waals surface area (Å²) in [5.41, 5.74) is 3.65. The first-order valence-electron chi connectivity index (χ1n) is 8.22. The molecular formula is C18H19FN6. The number of alkyl halides is 1. The minimum absolute atomic E-state index is 0.176. The summed E-state index contributed by atoms with van der Waals surface area (Å²) < 4.78 is 15.6. The van der Waals surface area contributed by atoms with Gasteiger partial charge < -0.3 is 5.32 Å². The average Bonchev–Trinajstić information content (AvgIpc) is 3.15. The molecule has 6 nitrogen and oxygen atoms in total. The molecule has 25 heavy (non-hydrogen) atoms. The lowest BCUT2D eigenvalue weighted by atomic mass is 10.0. The van der Waals surface area contributed by atoms with Gasteiger partial charge in [-0.15, -0.1) is 10.2 Å². The summed E-state index contributed by atoms with van der Waals surface area (Å²) in [6.45, 7) is 5.15. The van der Waals surface area contributed by atoms with Crippen molar-refractivity contribution in [3.05, 3.63) is 53.2 Å². The second-order valence-corrected chi connectivity index (χ2v) is 6.84. The van der Waals surface area contributed by atoms with Crippen molar-refractivity contribution in [3.8, 4) is 0 Å². The maximum absolute atomic E-state index is 13.6. The minimum Gasteiger partial charge on any atom is -0.351 e. The summed E-state index contributed by atoms with van der Waals surface area (Å²) in [7, 11) is 0. The SMILES string of the molecule is Cc1nnc2ccc(C3=CCc4nc(NCC(C)(C)F)ncc43)cn12. The number of nitrogens with one attached hydrogen (secondary N) is 1. The van der Waals surface area contributed by atoms with Crippen LogP contribution in [0.3, 0.4) is 0 Å². The third kappa shape index (κ3) is 2.97. The Hall–Kier alpha value is -2.83. The number of rotatable bonds is 4. The molecule has 0 bridgehead atoms. The largest absolute Gasteiger partial charge is 0.351 e. The summed E-state index contributed by atoms with van der Waals surface area (Å²) in [5.74, 6) is 1.31. The maximum Gasteiger partial charge on any atom is 0.223 e. The van der Waals surface area contributed by atoms with Gasteiger partial charge in [0.25, 0.3) is 0 Å². The van der Waals surface area contributed by atoms with E-state index in [9.17, 15) is 4.39 Å². The van der Waals surface area contributed by atoms with Crippen LogP contribution in [0.1, 0.15) is 36.5 Å². The Labute approximate surface area is 144 Å². The lowest BCUT2D eigenvalue weighted by Crippen LogP contribution is -2.25. The number of pyridine rings is 1. The van der Waals surface area contributed by atoms with Crippen molar-refractivity contribution in [3.63, 3.8) is 0 Å². The molecule has 0 atom stereocenters. The van der Waals surface area contributed by atoms with Gasteiger partial charge in [0.05, 0.1) is 12.2 Å². The Kier molecular flexibility index (Phi) is 3.52. The molecular weight excluding hydrogens is 319 g/mol. The Morgan fingerprint density at radius 1 is 1.28 bits per heavy atom. The number of anilines is 1. The first-order chi connectivity index (χ1) is 11.9. The summed E-state index contributed by atoms with van der Waals surface area (Å²) in [6, 6.07) is 3.98. The molecule has 0 saturated carbocycles. The summed E-state index contributed by atoms with van der Waals surface area (Å²) in [4.78, 5) is 8.87. The number of hydrogen-bond acceptors (Lipinski definition) is 5. The molecule has 128 valence electrons. The molecule has 0 amide bonds. The highest BCUT2D eigenvalue weighted by atomic mass is 19.1. The molecule has 0 unspecified atom stereocenters. The molecule has 0 radical (unpaired) electrons. The average molecular weight is 338 g/mol. The first-order valence-corrected chi connectivity index (χ1v) is 8.22. The second kappa shape index (κ2) is 5.61. The fourth-order valence-electron chi connectivity index (χ4n) is 2.92. The van der Waals surface area contributed by atoms with Crippen LogP contribution in [0.4, 0.5) is 10.3 Å². The Balaban J connectivity index is 1.63. The summed E-state index contributed by atoms with van der Waals surface area (Å²) in [6.07, 6.45) is 6.71. The molecule has 0 aliphatic heterocycles. The van der Waals surface area contributed by atoms with Gasteiger partial charge in [-0.3, -0.25) is 4.40 Å². The van der Waals surface area contributed by atoms with Crippen LogP contribution >= 0.6 is 0 Å². The summed E-state index contributed by atoms with van der Waals surface area (Å²) >= 11 is 0. The standard InChI is InChI=1S/C18H19FN6/c1-11-23-24-16-7-4-12(9-25(11)16)13-5-6-15-14(13)8-20-17(22-15)21-10-18(2,3)19/h4-5,7-9H,6,10H2,1-3H3,(H,20,21,22). The zero-order valence-corrected chi connectivity index (χ0v) is 14.4. The monoisotopic (exact) mass is 338 g/mol. The Morgan fingerprint density at radius 2 is 2.12 bits per heavy atom. The van der Waals surface area contributed by atoms with Gasteiger partial charge in [0.1, 0.15) is 11.5 Å². The molecule has 3 aromatic rings. The molecule has 0 spiro atoms. The van der Waals surface area contributed by atoms with Gasteiger partial charge in [0.15, 0.2) is 5.65 Å². The zero-order valence-electron chi connectivity index (χ0n) is 14.4. The number of fused-ring (bicyclic) bond motifs is 2. The van der Waals surface area contributed by atoms with Crippen molar-refractivity contribution >= 4 is 17.2 Å². The summed E-state index contributed by atoms with van der Waals surface area (Å²) in [5, 5.41) is 11.2. The van der Waals surface area contributed by atoms with E-state index < -0.39 is 5.67 Å². The van der Waals surface area contributed by atoms with E-state index in [0.29, 0.717) is 5.95 Å². The fourth-order valence-corrected chi connectivity index (χ4v) is 2.92. The van der Waals surface area contributed by atoms with Crippen LogP contribution in [0.25, 0.3) is 11.2 Å². The maximum atomic E-state index is 13.6. The minimum atomic E-state index is -1.31. The molecule has 1 aliphatic rings. The van der Waals surface area contributed by atoms with E-state index in [4.69, 9.17) is 0 Å². The Bertz CT molecular complexity index is 983. The van der Waals surface area contributed by atoms with Crippen molar-refractivity contribution < 1.29 is 4.39 Å². The van der Waals surface area contributed by atoms with Gasteiger partial charge >= 0.3 is 0 Å². The molecule has 3 heterocycles. The highest BCUT2D eigenvalue weighted by molar-refractivity contribution is 5.83. The topological polar surface area (TPSA) is 68.0 Å². The highest BCUT2D eigenvalue weighted by Crippen LogP contribution is 2.32. The number of nitrogens with zero attached hydrogens (tertiary/aromatic N) is 5. The van der Waals surface area contributed by atoms with E-state index in [1.54, 1.807) is 6.20 Å². The molecule has 7 heteroatoms.